The Morgan fingerprint density at radius 3 is 2.68 bits per heavy atom. The second-order valence-electron chi connectivity index (χ2n) is 10.3. The van der Waals surface area contributed by atoms with Crippen molar-refractivity contribution in [1.82, 2.24) is 19.1 Å². The number of pyridine rings is 1. The Morgan fingerprint density at radius 1 is 1.13 bits per heavy atom. The summed E-state index contributed by atoms with van der Waals surface area (Å²) < 4.78 is 63.7. The summed E-state index contributed by atoms with van der Waals surface area (Å²) in [6, 6.07) is 7.78. The van der Waals surface area contributed by atoms with Crippen molar-refractivity contribution >= 4 is 21.8 Å². The monoisotopic (exact) mass is 541 g/mol. The number of benzene rings is 1. The standard InChI is InChI=1S/C27H29F2N5O3S/c1-37-18-27-12-19-13-31-34(23-4-2-21(28)3-5-23)26(19)10-20(27)6-9-33(17-27)38(35,36)25-11-24(14-30-15-25)32-8-7-22(29)16-32/h2-5,10-11,13-15,22H,6-9,12,16-18H2,1H3. The summed E-state index contributed by atoms with van der Waals surface area (Å²) in [5, 5.41) is 4.55. The average Bonchev–Trinajstić information content (AvgIpc) is 3.53. The van der Waals surface area contributed by atoms with Crippen LogP contribution in [0.5, 0.6) is 0 Å². The minimum absolute atomic E-state index is 0.109. The van der Waals surface area contributed by atoms with Crippen molar-refractivity contribution in [2.24, 2.45) is 5.41 Å². The number of rotatable bonds is 6. The van der Waals surface area contributed by atoms with E-state index in [0.717, 1.165) is 22.5 Å². The van der Waals surface area contributed by atoms with Gasteiger partial charge in [-0.25, -0.2) is 21.9 Å². The minimum Gasteiger partial charge on any atom is -0.384 e. The Hall–Kier alpha value is -3.15. The number of nitrogens with zero attached hydrogens (tertiary/aromatic N) is 5. The number of alkyl halides is 1. The molecule has 2 aromatic heterocycles. The van der Waals surface area contributed by atoms with Crippen molar-refractivity contribution in [2.75, 3.05) is 44.8 Å². The van der Waals surface area contributed by atoms with E-state index in [9.17, 15) is 17.2 Å². The second-order valence-corrected chi connectivity index (χ2v) is 12.2. The fourth-order valence-electron chi connectivity index (χ4n) is 5.92. The molecule has 1 aliphatic carbocycles. The molecule has 38 heavy (non-hydrogen) atoms. The third-order valence-electron chi connectivity index (χ3n) is 7.84. The van der Waals surface area contributed by atoms with Gasteiger partial charge in [-0.05, 0) is 61.2 Å². The fraction of sp³-hybridized carbons (Fsp3) is 0.407. The molecule has 0 amide bonds. The second kappa shape index (κ2) is 9.55. The highest BCUT2D eigenvalue weighted by atomic mass is 32.2. The van der Waals surface area contributed by atoms with Crippen LogP contribution in [0.1, 0.15) is 24.1 Å². The van der Waals surface area contributed by atoms with Gasteiger partial charge in [0.05, 0.1) is 36.1 Å². The molecule has 2 atom stereocenters. The molecule has 6 rings (SSSR count). The SMILES string of the molecule is COCC12Cc3cnn(-c4ccc(F)cc4)c3C=C1CCN(S(=O)(=O)c1cncc(N3CCC(F)C3)c1)C2. The highest BCUT2D eigenvalue weighted by Gasteiger charge is 2.46. The summed E-state index contributed by atoms with van der Waals surface area (Å²) in [5.41, 5.74) is 3.85. The van der Waals surface area contributed by atoms with Gasteiger partial charge < -0.3 is 9.64 Å². The molecular weight excluding hydrogens is 512 g/mol. The maximum absolute atomic E-state index is 13.8. The molecule has 200 valence electrons. The molecule has 0 saturated carbocycles. The number of hydrogen-bond acceptors (Lipinski definition) is 6. The number of hydrogen-bond donors (Lipinski definition) is 0. The van der Waals surface area contributed by atoms with Crippen LogP contribution in [0.25, 0.3) is 11.8 Å². The zero-order valence-corrected chi connectivity index (χ0v) is 21.9. The van der Waals surface area contributed by atoms with Crippen LogP contribution in [-0.2, 0) is 21.2 Å². The molecular formula is C27H29F2N5O3S. The van der Waals surface area contributed by atoms with Gasteiger partial charge in [-0.3, -0.25) is 4.98 Å². The third kappa shape index (κ3) is 4.32. The van der Waals surface area contributed by atoms with Gasteiger partial charge in [0.2, 0.25) is 10.0 Å². The number of anilines is 1. The molecule has 0 bridgehead atoms. The number of halogens is 2. The van der Waals surface area contributed by atoms with E-state index in [-0.39, 0.29) is 23.8 Å². The van der Waals surface area contributed by atoms with E-state index in [1.807, 2.05) is 4.90 Å². The number of ether oxygens (including phenoxy) is 1. The van der Waals surface area contributed by atoms with Crippen molar-refractivity contribution in [3.8, 4) is 5.69 Å². The number of aromatic nitrogens is 3. The topological polar surface area (TPSA) is 80.6 Å². The van der Waals surface area contributed by atoms with Crippen LogP contribution in [-0.4, -0.2) is 73.6 Å². The molecule has 11 heteroatoms. The molecule has 4 heterocycles. The quantitative estimate of drug-likeness (QED) is 0.474. The predicted octanol–water partition coefficient (Wildman–Crippen LogP) is 3.62. The van der Waals surface area contributed by atoms with Gasteiger partial charge >= 0.3 is 0 Å². The van der Waals surface area contributed by atoms with Gasteiger partial charge in [0, 0.05) is 44.9 Å². The molecule has 3 aliphatic rings. The first-order chi connectivity index (χ1) is 18.3. The van der Waals surface area contributed by atoms with Crippen molar-refractivity contribution < 1.29 is 21.9 Å². The summed E-state index contributed by atoms with van der Waals surface area (Å²) >= 11 is 0. The van der Waals surface area contributed by atoms with Crippen LogP contribution in [0.4, 0.5) is 14.5 Å². The Morgan fingerprint density at radius 2 is 1.95 bits per heavy atom. The molecule has 8 nitrogen and oxygen atoms in total. The van der Waals surface area contributed by atoms with Crippen LogP contribution in [0.2, 0.25) is 0 Å². The highest BCUT2D eigenvalue weighted by molar-refractivity contribution is 7.89. The predicted molar refractivity (Wildman–Crippen MR) is 139 cm³/mol. The highest BCUT2D eigenvalue weighted by Crippen LogP contribution is 2.45. The van der Waals surface area contributed by atoms with Gasteiger partial charge in [-0.1, -0.05) is 5.57 Å². The third-order valence-corrected chi connectivity index (χ3v) is 9.65. The van der Waals surface area contributed by atoms with Gasteiger partial charge in [0.15, 0.2) is 0 Å². The summed E-state index contributed by atoms with van der Waals surface area (Å²) in [4.78, 5) is 6.12. The summed E-state index contributed by atoms with van der Waals surface area (Å²) in [5.74, 6) is -0.311. The molecule has 2 fully saturated rings. The van der Waals surface area contributed by atoms with Crippen LogP contribution < -0.4 is 4.90 Å². The van der Waals surface area contributed by atoms with E-state index in [4.69, 9.17) is 4.74 Å². The molecule has 3 aromatic rings. The van der Waals surface area contributed by atoms with Crippen molar-refractivity contribution in [2.45, 2.75) is 30.3 Å². The van der Waals surface area contributed by atoms with E-state index in [1.54, 1.807) is 42.4 Å². The maximum Gasteiger partial charge on any atom is 0.244 e. The molecule has 0 N–H and O–H groups in total. The van der Waals surface area contributed by atoms with Gasteiger partial charge in [-0.15, -0.1) is 0 Å². The number of methoxy groups -OCH3 is 1. The number of sulfonamides is 1. The zero-order chi connectivity index (χ0) is 26.5. The van der Waals surface area contributed by atoms with Crippen LogP contribution >= 0.6 is 0 Å². The van der Waals surface area contributed by atoms with E-state index >= 15 is 0 Å². The lowest BCUT2D eigenvalue weighted by Gasteiger charge is -2.45. The number of fused-ring (bicyclic) bond motifs is 2. The van der Waals surface area contributed by atoms with Crippen LogP contribution in [0.3, 0.4) is 0 Å². The summed E-state index contributed by atoms with van der Waals surface area (Å²) in [6.45, 7) is 1.72. The first-order valence-corrected chi connectivity index (χ1v) is 14.1. The maximum atomic E-state index is 13.8. The lowest BCUT2D eigenvalue weighted by molar-refractivity contribution is 0.0733. The normalized spacial score (nSPS) is 23.7. The van der Waals surface area contributed by atoms with E-state index in [1.165, 1.54) is 22.6 Å². The lowest BCUT2D eigenvalue weighted by Crippen LogP contribution is -2.51. The van der Waals surface area contributed by atoms with E-state index in [2.05, 4.69) is 16.2 Å². The van der Waals surface area contributed by atoms with Crippen LogP contribution in [0, 0.1) is 11.2 Å². The summed E-state index contributed by atoms with van der Waals surface area (Å²) in [7, 11) is -2.22. The van der Waals surface area contributed by atoms with Crippen molar-refractivity contribution in [3.63, 3.8) is 0 Å². The first kappa shape index (κ1) is 25.1. The molecule has 0 spiro atoms. The Balaban J connectivity index is 1.30. The Kier molecular flexibility index (Phi) is 6.32. The van der Waals surface area contributed by atoms with Gasteiger partial charge in [0.1, 0.15) is 16.9 Å². The molecule has 1 aromatic carbocycles. The first-order valence-electron chi connectivity index (χ1n) is 12.7. The minimum atomic E-state index is -3.84. The smallest absolute Gasteiger partial charge is 0.244 e. The van der Waals surface area contributed by atoms with Crippen molar-refractivity contribution in [3.05, 3.63) is 71.6 Å². The van der Waals surface area contributed by atoms with Crippen molar-refractivity contribution in [1.29, 1.82) is 0 Å². The van der Waals surface area contributed by atoms with E-state index in [0.29, 0.717) is 44.6 Å². The molecule has 0 radical (unpaired) electrons. The fourth-order valence-corrected chi connectivity index (χ4v) is 7.43. The zero-order valence-electron chi connectivity index (χ0n) is 21.1. The Labute approximate surface area is 220 Å². The average molecular weight is 542 g/mol. The largest absolute Gasteiger partial charge is 0.384 e. The van der Waals surface area contributed by atoms with Gasteiger partial charge in [-0.2, -0.15) is 9.40 Å². The molecule has 2 aliphatic heterocycles. The van der Waals surface area contributed by atoms with Gasteiger partial charge in [0.25, 0.3) is 0 Å². The summed E-state index contributed by atoms with van der Waals surface area (Å²) in [6.07, 6.45) is 7.44. The van der Waals surface area contributed by atoms with Crippen LogP contribution in [0.15, 0.2) is 59.4 Å². The molecule has 2 saturated heterocycles. The lowest BCUT2D eigenvalue weighted by atomic mass is 9.69. The number of piperidine rings is 1. The molecule has 2 unspecified atom stereocenters. The Bertz CT molecular complexity index is 1490. The van der Waals surface area contributed by atoms with E-state index < -0.39 is 21.6 Å².